The monoisotopic (exact) mass is 382 g/mol. The lowest BCUT2D eigenvalue weighted by atomic mass is 10.0. The van der Waals surface area contributed by atoms with E-state index in [0.29, 0.717) is 16.1 Å². The molecule has 0 unspecified atom stereocenters. The van der Waals surface area contributed by atoms with Crippen LogP contribution in [0.5, 0.6) is 11.5 Å². The molecule has 27 heavy (non-hydrogen) atoms. The van der Waals surface area contributed by atoms with Crippen molar-refractivity contribution in [2.24, 2.45) is 0 Å². The van der Waals surface area contributed by atoms with Crippen LogP contribution in [0, 0.1) is 6.92 Å². The maximum atomic E-state index is 12.4. The molecule has 0 aliphatic heterocycles. The van der Waals surface area contributed by atoms with E-state index >= 15 is 0 Å². The Hall–Kier alpha value is -3.39. The zero-order chi connectivity index (χ0) is 19.1. The van der Waals surface area contributed by atoms with Gasteiger partial charge in [0.2, 0.25) is 11.7 Å². The molecule has 136 valence electrons. The van der Waals surface area contributed by atoms with Crippen LogP contribution in [0.2, 0.25) is 0 Å². The minimum atomic E-state index is -0.736. The van der Waals surface area contributed by atoms with Crippen LogP contribution < -0.4 is 10.9 Å². The third-order valence-corrected chi connectivity index (χ3v) is 5.24. The molecular formula is C19H14N2O5S. The molecule has 8 heteroatoms. The van der Waals surface area contributed by atoms with E-state index in [1.165, 1.54) is 23.5 Å². The van der Waals surface area contributed by atoms with Gasteiger partial charge in [0.1, 0.15) is 0 Å². The van der Waals surface area contributed by atoms with Crippen LogP contribution in [0.1, 0.15) is 11.1 Å². The van der Waals surface area contributed by atoms with Gasteiger partial charge in [0.25, 0.3) is 0 Å². The van der Waals surface area contributed by atoms with Gasteiger partial charge in [0.15, 0.2) is 16.5 Å². The van der Waals surface area contributed by atoms with Crippen molar-refractivity contribution in [2.45, 2.75) is 13.3 Å². The number of amides is 1. The third-order valence-electron chi connectivity index (χ3n) is 4.29. The number of phenolic OH excluding ortho intramolecular Hbond substituents is 2. The predicted molar refractivity (Wildman–Crippen MR) is 103 cm³/mol. The molecule has 0 spiro atoms. The Kier molecular flexibility index (Phi) is 4.04. The lowest BCUT2D eigenvalue weighted by molar-refractivity contribution is -0.115. The minimum Gasteiger partial charge on any atom is -0.504 e. The molecule has 7 nitrogen and oxygen atoms in total. The average Bonchev–Trinajstić information content (AvgIpc) is 3.04. The van der Waals surface area contributed by atoms with Gasteiger partial charge in [-0.3, -0.25) is 4.79 Å². The quantitative estimate of drug-likeness (QED) is 0.370. The summed E-state index contributed by atoms with van der Waals surface area (Å²) >= 11 is 1.35. The molecule has 0 fully saturated rings. The number of carbonyl (C=O) groups excluding carboxylic acids is 1. The smallest absolute Gasteiger partial charge is 0.340 e. The molecule has 0 aliphatic rings. The molecule has 0 aliphatic carbocycles. The van der Waals surface area contributed by atoms with E-state index in [2.05, 4.69) is 10.3 Å². The molecule has 1 amide bonds. The summed E-state index contributed by atoms with van der Waals surface area (Å²) in [7, 11) is 0. The number of thiazole rings is 1. The van der Waals surface area contributed by atoms with Crippen LogP contribution in [0.4, 0.5) is 5.13 Å². The highest BCUT2D eigenvalue weighted by Crippen LogP contribution is 2.34. The fourth-order valence-corrected chi connectivity index (χ4v) is 3.77. The van der Waals surface area contributed by atoms with E-state index in [9.17, 15) is 19.8 Å². The van der Waals surface area contributed by atoms with Crippen molar-refractivity contribution >= 4 is 43.6 Å². The molecule has 4 aromatic rings. The van der Waals surface area contributed by atoms with Gasteiger partial charge in [-0.15, -0.1) is 0 Å². The zero-order valence-corrected chi connectivity index (χ0v) is 15.0. The number of nitrogens with zero attached hydrogens (tertiary/aromatic N) is 1. The van der Waals surface area contributed by atoms with Gasteiger partial charge in [0.05, 0.1) is 22.2 Å². The van der Waals surface area contributed by atoms with E-state index in [1.54, 1.807) is 6.92 Å². The van der Waals surface area contributed by atoms with E-state index in [4.69, 9.17) is 4.42 Å². The first-order valence-electron chi connectivity index (χ1n) is 8.06. The van der Waals surface area contributed by atoms with Gasteiger partial charge in [-0.05, 0) is 36.8 Å². The van der Waals surface area contributed by atoms with Crippen molar-refractivity contribution in [3.05, 3.63) is 57.9 Å². The van der Waals surface area contributed by atoms with E-state index < -0.39 is 17.3 Å². The number of aromatic hydroxyl groups is 2. The zero-order valence-electron chi connectivity index (χ0n) is 14.1. The van der Waals surface area contributed by atoms with Crippen molar-refractivity contribution in [2.75, 3.05) is 5.32 Å². The lowest BCUT2D eigenvalue weighted by Crippen LogP contribution is -2.20. The second kappa shape index (κ2) is 6.40. The minimum absolute atomic E-state index is 0.104. The van der Waals surface area contributed by atoms with Gasteiger partial charge in [-0.1, -0.05) is 23.5 Å². The number of fused-ring (bicyclic) bond motifs is 2. The van der Waals surface area contributed by atoms with Crippen molar-refractivity contribution in [1.82, 2.24) is 4.98 Å². The maximum absolute atomic E-state index is 12.4. The third kappa shape index (κ3) is 3.00. The molecule has 0 saturated heterocycles. The van der Waals surface area contributed by atoms with Crippen LogP contribution in [0.15, 0.2) is 45.6 Å². The van der Waals surface area contributed by atoms with E-state index in [1.807, 2.05) is 24.3 Å². The Morgan fingerprint density at radius 2 is 2.00 bits per heavy atom. The Bertz CT molecular complexity index is 1230. The normalized spacial score (nSPS) is 11.1. The van der Waals surface area contributed by atoms with Gasteiger partial charge >= 0.3 is 5.63 Å². The van der Waals surface area contributed by atoms with Gasteiger partial charge < -0.3 is 19.9 Å². The molecule has 4 rings (SSSR count). The second-order valence-corrected chi connectivity index (χ2v) is 7.05. The summed E-state index contributed by atoms with van der Waals surface area (Å²) in [5, 5.41) is 23.0. The standard InChI is InChI=1S/C19H14N2O5S/c1-9-10-6-7-13(22)16(24)17(10)26-18(25)11(9)8-15(23)21-19-20-12-4-2-3-5-14(12)27-19/h2-7,22,24H,8H2,1H3,(H,20,21,23). The highest BCUT2D eigenvalue weighted by atomic mass is 32.1. The summed E-state index contributed by atoms with van der Waals surface area (Å²) in [6, 6.07) is 10.3. The van der Waals surface area contributed by atoms with E-state index in [-0.39, 0.29) is 23.3 Å². The summed E-state index contributed by atoms with van der Waals surface area (Å²) in [4.78, 5) is 29.0. The number of phenols is 2. The Labute approximate surface area is 156 Å². The first kappa shape index (κ1) is 17.0. The number of anilines is 1. The number of hydrogen-bond donors (Lipinski definition) is 3. The summed E-state index contributed by atoms with van der Waals surface area (Å²) < 4.78 is 6.07. The number of hydrogen-bond acceptors (Lipinski definition) is 7. The first-order chi connectivity index (χ1) is 12.9. The molecular weight excluding hydrogens is 368 g/mol. The SMILES string of the molecule is Cc1c(CC(=O)Nc2nc3ccccc3s2)c(=O)oc2c(O)c(O)ccc12. The fourth-order valence-electron chi connectivity index (χ4n) is 2.88. The molecule has 0 bridgehead atoms. The number of carbonyl (C=O) groups is 1. The Morgan fingerprint density at radius 1 is 1.22 bits per heavy atom. The van der Waals surface area contributed by atoms with Crippen molar-refractivity contribution < 1.29 is 19.4 Å². The summed E-state index contributed by atoms with van der Waals surface area (Å²) in [6.45, 7) is 1.66. The first-order valence-corrected chi connectivity index (χ1v) is 8.88. The van der Waals surface area contributed by atoms with Crippen LogP contribution in [-0.4, -0.2) is 21.1 Å². The van der Waals surface area contributed by atoms with Crippen molar-refractivity contribution in [3.63, 3.8) is 0 Å². The Morgan fingerprint density at radius 3 is 2.78 bits per heavy atom. The summed E-state index contributed by atoms with van der Waals surface area (Å²) in [6.07, 6.45) is -0.193. The van der Waals surface area contributed by atoms with Gasteiger partial charge in [0, 0.05) is 5.39 Å². The molecule has 2 aromatic carbocycles. The largest absolute Gasteiger partial charge is 0.504 e. The van der Waals surface area contributed by atoms with Crippen LogP contribution in [0.3, 0.4) is 0 Å². The van der Waals surface area contributed by atoms with Crippen LogP contribution in [-0.2, 0) is 11.2 Å². The van der Waals surface area contributed by atoms with E-state index in [0.717, 1.165) is 10.2 Å². The molecule has 3 N–H and O–H groups in total. The summed E-state index contributed by atoms with van der Waals surface area (Å²) in [5.41, 5.74) is 0.643. The number of aryl methyl sites for hydroxylation is 1. The van der Waals surface area contributed by atoms with Crippen molar-refractivity contribution in [3.8, 4) is 11.5 Å². The topological polar surface area (TPSA) is 113 Å². The number of nitrogens with one attached hydrogen (secondary N) is 1. The predicted octanol–water partition coefficient (Wildman–Crippen LogP) is 3.30. The Balaban J connectivity index is 1.65. The van der Waals surface area contributed by atoms with Crippen LogP contribution >= 0.6 is 11.3 Å². The number of benzene rings is 2. The van der Waals surface area contributed by atoms with Crippen LogP contribution in [0.25, 0.3) is 21.2 Å². The number of aromatic nitrogens is 1. The number of rotatable bonds is 3. The molecule has 0 atom stereocenters. The molecule has 0 saturated carbocycles. The lowest BCUT2D eigenvalue weighted by Gasteiger charge is -2.09. The molecule has 2 aromatic heterocycles. The maximum Gasteiger partial charge on any atom is 0.340 e. The molecule has 0 radical (unpaired) electrons. The van der Waals surface area contributed by atoms with Gasteiger partial charge in [-0.2, -0.15) is 0 Å². The summed E-state index contributed by atoms with van der Waals surface area (Å²) in [5.74, 6) is -1.28. The fraction of sp³-hybridized carbons (Fsp3) is 0.105. The highest BCUT2D eigenvalue weighted by molar-refractivity contribution is 7.22. The van der Waals surface area contributed by atoms with Gasteiger partial charge in [-0.25, -0.2) is 9.78 Å². The highest BCUT2D eigenvalue weighted by Gasteiger charge is 2.18. The second-order valence-electron chi connectivity index (χ2n) is 6.01. The molecule has 2 heterocycles. The average molecular weight is 382 g/mol. The number of para-hydroxylation sites is 1. The van der Waals surface area contributed by atoms with Crippen molar-refractivity contribution in [1.29, 1.82) is 0 Å².